The van der Waals surface area contributed by atoms with Crippen molar-refractivity contribution in [3.8, 4) is 0 Å². The van der Waals surface area contributed by atoms with Crippen LogP contribution in [0.25, 0.3) is 0 Å². The molecule has 33 heavy (non-hydrogen) atoms. The van der Waals surface area contributed by atoms with E-state index in [9.17, 15) is 30.7 Å². The van der Waals surface area contributed by atoms with Gasteiger partial charge in [0.2, 0.25) is 5.95 Å². The fourth-order valence-corrected chi connectivity index (χ4v) is 3.07. The van der Waals surface area contributed by atoms with Crippen LogP contribution in [0.15, 0.2) is 12.4 Å². The van der Waals surface area contributed by atoms with E-state index in [1.165, 1.54) is 12.4 Å². The predicted octanol–water partition coefficient (Wildman–Crippen LogP) is 2.18. The molecule has 9 nitrogen and oxygen atoms in total. The highest BCUT2D eigenvalue weighted by Crippen LogP contribution is 2.32. The van der Waals surface area contributed by atoms with Crippen molar-refractivity contribution in [2.24, 2.45) is 0 Å². The zero-order valence-corrected chi connectivity index (χ0v) is 17.3. The Morgan fingerprint density at radius 2 is 1.52 bits per heavy atom. The first kappa shape index (κ1) is 28.3. The van der Waals surface area contributed by atoms with Crippen LogP contribution in [0.1, 0.15) is 12.8 Å². The summed E-state index contributed by atoms with van der Waals surface area (Å²) in [5.74, 6) is -5.31. The van der Waals surface area contributed by atoms with Gasteiger partial charge in [-0.15, -0.1) is 0 Å². The third kappa shape index (κ3) is 8.60. The first-order chi connectivity index (χ1) is 15.1. The molecule has 2 N–H and O–H groups in total. The summed E-state index contributed by atoms with van der Waals surface area (Å²) < 4.78 is 82.3. The molecule has 0 amide bonds. The van der Waals surface area contributed by atoms with Crippen molar-refractivity contribution in [2.75, 3.05) is 32.1 Å². The Balaban J connectivity index is 0.000000324. The van der Waals surface area contributed by atoms with Crippen LogP contribution in [0, 0.1) is 5.82 Å². The summed E-state index contributed by atoms with van der Waals surface area (Å²) in [7, 11) is 4.13. The molecule has 0 aliphatic carbocycles. The monoisotopic (exact) mass is 494 g/mol. The zero-order valence-electron chi connectivity index (χ0n) is 17.3. The first-order valence-electron chi connectivity index (χ1n) is 9.18. The number of aromatic nitrogens is 2. The van der Waals surface area contributed by atoms with E-state index in [0.717, 1.165) is 26.0 Å². The normalized spacial score (nSPS) is 22.5. The van der Waals surface area contributed by atoms with Crippen molar-refractivity contribution in [3.63, 3.8) is 0 Å². The number of carboxylic acid groups (broad SMARTS) is 2. The fourth-order valence-electron chi connectivity index (χ4n) is 3.07. The van der Waals surface area contributed by atoms with Gasteiger partial charge < -0.3 is 24.7 Å². The zero-order chi connectivity index (χ0) is 25.6. The Hall–Kier alpha value is -2.75. The molecule has 0 aromatic carbocycles. The van der Waals surface area contributed by atoms with E-state index in [1.807, 2.05) is 0 Å². The van der Waals surface area contributed by atoms with Gasteiger partial charge in [0.1, 0.15) is 0 Å². The largest absolute Gasteiger partial charge is 0.490 e. The summed E-state index contributed by atoms with van der Waals surface area (Å²) in [4.78, 5) is 30.4. The van der Waals surface area contributed by atoms with Gasteiger partial charge in [-0.1, -0.05) is 0 Å². The Labute approximate surface area is 182 Å². The summed E-state index contributed by atoms with van der Waals surface area (Å²) in [6.45, 7) is 1.65. The number of halogens is 7. The van der Waals surface area contributed by atoms with Crippen molar-refractivity contribution in [1.82, 2.24) is 14.9 Å². The van der Waals surface area contributed by atoms with Crippen molar-refractivity contribution in [3.05, 3.63) is 18.2 Å². The summed E-state index contributed by atoms with van der Waals surface area (Å²) in [5.41, 5.74) is 0. The maximum absolute atomic E-state index is 12.9. The highest BCUT2D eigenvalue weighted by atomic mass is 19.4. The van der Waals surface area contributed by atoms with Gasteiger partial charge in [-0.25, -0.2) is 23.9 Å². The third-order valence-corrected chi connectivity index (χ3v) is 4.51. The number of ether oxygens (including phenoxy) is 1. The van der Waals surface area contributed by atoms with Crippen LogP contribution in [0.2, 0.25) is 0 Å². The molecule has 3 rings (SSSR count). The van der Waals surface area contributed by atoms with Gasteiger partial charge in [0.25, 0.3) is 0 Å². The van der Waals surface area contributed by atoms with E-state index < -0.39 is 30.1 Å². The predicted molar refractivity (Wildman–Crippen MR) is 97.0 cm³/mol. The lowest BCUT2D eigenvalue weighted by Gasteiger charge is -2.33. The maximum atomic E-state index is 12.9. The van der Waals surface area contributed by atoms with Crippen molar-refractivity contribution in [2.45, 2.75) is 43.4 Å². The SMILES string of the molecule is CN(C)[C@@H]1CN(c2ncc(F)cn2)[C@@H]2CCCO[C@H]12.O=C(O)C(F)(F)F.O=C(O)C(F)(F)F. The van der Waals surface area contributed by atoms with E-state index in [1.54, 1.807) is 0 Å². The van der Waals surface area contributed by atoms with Gasteiger partial charge in [0.05, 0.1) is 30.6 Å². The number of rotatable bonds is 2. The number of likely N-dealkylation sites (N-methyl/N-ethyl adjacent to an activating group) is 1. The number of hydrogen-bond donors (Lipinski definition) is 2. The van der Waals surface area contributed by atoms with Crippen LogP contribution < -0.4 is 4.90 Å². The molecular formula is C17H21F7N4O5. The minimum absolute atomic E-state index is 0.192. The lowest BCUT2D eigenvalue weighted by Crippen LogP contribution is -2.45. The summed E-state index contributed by atoms with van der Waals surface area (Å²) in [6.07, 6.45) is -5.39. The van der Waals surface area contributed by atoms with E-state index in [2.05, 4.69) is 33.9 Å². The highest BCUT2D eigenvalue weighted by Gasteiger charge is 2.46. The third-order valence-electron chi connectivity index (χ3n) is 4.51. The standard InChI is InChI=1S/C13H19FN4O.2C2HF3O2/c1-17(2)11-8-18(10-4-3-5-19-12(10)11)13-15-6-9(14)7-16-13;2*3-2(4,5)1(6)7/h6-7,10-12H,3-5,8H2,1-2H3;2*(H,6,7)/t10-,11-,12+;;/m1../s1. The highest BCUT2D eigenvalue weighted by molar-refractivity contribution is 5.73. The molecule has 0 unspecified atom stereocenters. The van der Waals surface area contributed by atoms with Crippen LogP contribution in [-0.2, 0) is 14.3 Å². The molecule has 1 aromatic heterocycles. The number of aliphatic carboxylic acids is 2. The molecule has 3 heterocycles. The van der Waals surface area contributed by atoms with Gasteiger partial charge in [-0.3, -0.25) is 0 Å². The summed E-state index contributed by atoms with van der Waals surface area (Å²) >= 11 is 0. The smallest absolute Gasteiger partial charge is 0.475 e. The molecule has 3 atom stereocenters. The molecule has 2 saturated heterocycles. The minimum atomic E-state index is -5.08. The second kappa shape index (κ2) is 11.4. The quantitative estimate of drug-likeness (QED) is 0.597. The van der Waals surface area contributed by atoms with E-state index in [0.29, 0.717) is 18.0 Å². The number of fused-ring (bicyclic) bond motifs is 1. The van der Waals surface area contributed by atoms with Crippen molar-refractivity contribution >= 4 is 17.9 Å². The Bertz CT molecular complexity index is 765. The first-order valence-corrected chi connectivity index (χ1v) is 9.18. The Morgan fingerprint density at radius 3 is 1.91 bits per heavy atom. The van der Waals surface area contributed by atoms with Crippen LogP contribution in [0.5, 0.6) is 0 Å². The fraction of sp³-hybridized carbons (Fsp3) is 0.647. The molecule has 0 radical (unpaired) electrons. The second-order valence-corrected chi connectivity index (χ2v) is 7.04. The molecule has 2 aliphatic rings. The van der Waals surface area contributed by atoms with Crippen molar-refractivity contribution < 1.29 is 55.3 Å². The minimum Gasteiger partial charge on any atom is -0.475 e. The lowest BCUT2D eigenvalue weighted by atomic mass is 10.0. The number of nitrogens with zero attached hydrogens (tertiary/aromatic N) is 4. The number of hydrogen-bond acceptors (Lipinski definition) is 7. The van der Waals surface area contributed by atoms with Crippen LogP contribution in [0.4, 0.5) is 36.7 Å². The molecule has 0 bridgehead atoms. The average Bonchev–Trinajstić information content (AvgIpc) is 3.08. The second-order valence-electron chi connectivity index (χ2n) is 7.04. The number of carbonyl (C=O) groups is 2. The van der Waals surface area contributed by atoms with Crippen LogP contribution >= 0.6 is 0 Å². The van der Waals surface area contributed by atoms with Gasteiger partial charge >= 0.3 is 24.3 Å². The van der Waals surface area contributed by atoms with Crippen molar-refractivity contribution in [1.29, 1.82) is 0 Å². The van der Waals surface area contributed by atoms with Gasteiger partial charge in [0.15, 0.2) is 5.82 Å². The van der Waals surface area contributed by atoms with Gasteiger partial charge in [-0.2, -0.15) is 26.3 Å². The number of carboxylic acids is 2. The Morgan fingerprint density at radius 1 is 1.06 bits per heavy atom. The van der Waals surface area contributed by atoms with Gasteiger partial charge in [-0.05, 0) is 26.9 Å². The van der Waals surface area contributed by atoms with E-state index in [4.69, 9.17) is 24.5 Å². The molecule has 2 fully saturated rings. The number of anilines is 1. The van der Waals surface area contributed by atoms with E-state index >= 15 is 0 Å². The molecule has 1 aromatic rings. The number of alkyl halides is 6. The average molecular weight is 494 g/mol. The van der Waals surface area contributed by atoms with Crippen LogP contribution in [-0.4, -0.2) is 94.8 Å². The van der Waals surface area contributed by atoms with E-state index in [-0.39, 0.29) is 6.10 Å². The molecule has 2 aliphatic heterocycles. The molecular weight excluding hydrogens is 473 g/mol. The molecule has 188 valence electrons. The van der Waals surface area contributed by atoms with Crippen LogP contribution in [0.3, 0.4) is 0 Å². The molecule has 0 spiro atoms. The molecule has 16 heteroatoms. The molecule has 0 saturated carbocycles. The van der Waals surface area contributed by atoms with Gasteiger partial charge in [0, 0.05) is 13.2 Å². The lowest BCUT2D eigenvalue weighted by molar-refractivity contribution is -0.193. The summed E-state index contributed by atoms with van der Waals surface area (Å²) in [5, 5.41) is 14.2. The Kier molecular flexibility index (Phi) is 9.77. The summed E-state index contributed by atoms with van der Waals surface area (Å²) in [6, 6.07) is 0.630. The maximum Gasteiger partial charge on any atom is 0.490 e. The topological polar surface area (TPSA) is 116 Å².